The van der Waals surface area contributed by atoms with Crippen molar-refractivity contribution in [3.8, 4) is 23.3 Å². The van der Waals surface area contributed by atoms with Crippen LogP contribution in [-0.2, 0) is 32.1 Å². The van der Waals surface area contributed by atoms with Gasteiger partial charge < -0.3 is 39.4 Å². The molecule has 362 valence electrons. The number of amides is 2. The first-order chi connectivity index (χ1) is 34.2. The summed E-state index contributed by atoms with van der Waals surface area (Å²) >= 11 is 0. The highest BCUT2D eigenvalue weighted by Crippen LogP contribution is 2.30. The van der Waals surface area contributed by atoms with Gasteiger partial charge in [0.15, 0.2) is 23.0 Å². The van der Waals surface area contributed by atoms with Crippen molar-refractivity contribution in [2.45, 2.75) is 102 Å². The summed E-state index contributed by atoms with van der Waals surface area (Å²) in [6.07, 6.45) is 13.4. The van der Waals surface area contributed by atoms with Crippen LogP contribution in [0.3, 0.4) is 0 Å². The zero-order valence-electron chi connectivity index (χ0n) is 39.8. The molecule has 0 bridgehead atoms. The van der Waals surface area contributed by atoms with E-state index >= 15 is 0 Å². The van der Waals surface area contributed by atoms with Crippen LogP contribution < -0.4 is 39.4 Å². The van der Waals surface area contributed by atoms with Crippen molar-refractivity contribution in [3.05, 3.63) is 130 Å². The molecule has 0 saturated carbocycles. The molecule has 8 heterocycles. The first kappa shape index (κ1) is 46.2. The topological polar surface area (TPSA) is 205 Å². The molecule has 2 amide bonds. The third-order valence-electron chi connectivity index (χ3n) is 13.7. The van der Waals surface area contributed by atoms with Crippen LogP contribution in [0.15, 0.2) is 79.3 Å². The molecule has 18 nitrogen and oxygen atoms in total. The van der Waals surface area contributed by atoms with Gasteiger partial charge in [-0.15, -0.1) is 20.4 Å². The summed E-state index contributed by atoms with van der Waals surface area (Å²) in [7, 11) is 3.18. The molecule has 10 rings (SSSR count). The van der Waals surface area contributed by atoms with Gasteiger partial charge >= 0.3 is 0 Å². The van der Waals surface area contributed by atoms with Crippen molar-refractivity contribution in [3.63, 3.8) is 0 Å². The number of hydrogen-bond donors (Lipinski definition) is 2. The summed E-state index contributed by atoms with van der Waals surface area (Å²) in [6, 6.07) is 19.1. The predicted octanol–water partition coefficient (Wildman–Crippen LogP) is 5.43. The SMILES string of the molecule is COc1ccc(OC2CCN(c3nnc(C(=O)N[C@@H]4CCc5nc(Cc6cc(C(=O)N[C@H]7CCc8ncccc8C7)nnc6N6CCC(Oc7ccc(OC)nc7)CC6)ccc5C4)cc3C)CC2)cn1. The van der Waals surface area contributed by atoms with Gasteiger partial charge in [-0.2, -0.15) is 0 Å². The molecule has 0 aromatic carbocycles. The Morgan fingerprint density at radius 2 is 1.19 bits per heavy atom. The van der Waals surface area contributed by atoms with Crippen LogP contribution in [0.4, 0.5) is 11.6 Å². The van der Waals surface area contributed by atoms with E-state index in [4.69, 9.17) is 29.0 Å². The molecule has 0 unspecified atom stereocenters. The van der Waals surface area contributed by atoms with E-state index in [1.54, 1.807) is 38.7 Å². The highest BCUT2D eigenvalue weighted by molar-refractivity contribution is 5.93. The number of methoxy groups -OCH3 is 2. The fraction of sp³-hybridized carbons (Fsp3) is 0.423. The maximum Gasteiger partial charge on any atom is 0.272 e. The Morgan fingerprint density at radius 3 is 1.76 bits per heavy atom. The second kappa shape index (κ2) is 21.0. The van der Waals surface area contributed by atoms with Gasteiger partial charge in [0.25, 0.3) is 11.8 Å². The van der Waals surface area contributed by atoms with Gasteiger partial charge in [0, 0.05) is 111 Å². The molecule has 2 fully saturated rings. The molecule has 2 atom stereocenters. The molecule has 2 saturated heterocycles. The standard InChI is InChI=1S/C52H58N12O6/c1-32-25-45(59-61-49(32)63-21-16-39(17-22-63)69-41-10-14-47(67-2)54-30-41)51(65)57-38-9-13-44-34(27-38)6-7-36(56-44)28-35-29-46(52(66)58-37-8-12-43-33(26-37)5-4-20-53-43)60-62-50(35)64-23-18-40(19-24-64)70-42-11-15-48(68-3)55-31-42/h4-7,10-11,14-15,20,25,29-31,37-40H,8-9,12-13,16-19,21-24,26-28H2,1-3H3,(H,57,65)(H,58,66)/t37-,38+/m0/s1. The molecule has 2 aliphatic carbocycles. The monoisotopic (exact) mass is 946 g/mol. The van der Waals surface area contributed by atoms with Gasteiger partial charge in [-0.3, -0.25) is 19.6 Å². The van der Waals surface area contributed by atoms with E-state index in [2.05, 4.69) is 62.8 Å². The predicted molar refractivity (Wildman–Crippen MR) is 260 cm³/mol. The summed E-state index contributed by atoms with van der Waals surface area (Å²) in [5.74, 6) is 3.55. The van der Waals surface area contributed by atoms with E-state index in [9.17, 15) is 9.59 Å². The Morgan fingerprint density at radius 1 is 0.629 bits per heavy atom. The zero-order valence-corrected chi connectivity index (χ0v) is 39.8. The second-order valence-corrected chi connectivity index (χ2v) is 18.5. The van der Waals surface area contributed by atoms with E-state index in [1.165, 1.54) is 0 Å². The van der Waals surface area contributed by atoms with Gasteiger partial charge in [0.05, 0.1) is 26.6 Å². The normalized spacial score (nSPS) is 18.3. The molecule has 4 aliphatic rings. The number of piperidine rings is 2. The van der Waals surface area contributed by atoms with Crippen LogP contribution in [0.25, 0.3) is 0 Å². The lowest BCUT2D eigenvalue weighted by Crippen LogP contribution is -2.40. The van der Waals surface area contributed by atoms with Crippen LogP contribution >= 0.6 is 0 Å². The van der Waals surface area contributed by atoms with Crippen LogP contribution in [0.1, 0.15) is 98.8 Å². The highest BCUT2D eigenvalue weighted by atomic mass is 16.5. The number of pyridine rings is 4. The van der Waals surface area contributed by atoms with Crippen molar-refractivity contribution in [2.75, 3.05) is 50.2 Å². The molecular weight excluding hydrogens is 889 g/mol. The van der Waals surface area contributed by atoms with E-state index < -0.39 is 0 Å². The minimum absolute atomic E-state index is 0.0164. The van der Waals surface area contributed by atoms with Crippen molar-refractivity contribution >= 4 is 23.5 Å². The first-order valence-electron chi connectivity index (χ1n) is 24.3. The number of rotatable bonds is 14. The van der Waals surface area contributed by atoms with Crippen molar-refractivity contribution in [1.29, 1.82) is 0 Å². The van der Waals surface area contributed by atoms with Gasteiger partial charge in [-0.1, -0.05) is 12.1 Å². The van der Waals surface area contributed by atoms with Crippen LogP contribution in [0.2, 0.25) is 0 Å². The fourth-order valence-electron chi connectivity index (χ4n) is 9.98. The first-order valence-corrected chi connectivity index (χ1v) is 24.3. The molecule has 0 radical (unpaired) electrons. The Hall–Kier alpha value is -7.50. The Kier molecular flexibility index (Phi) is 13.9. The van der Waals surface area contributed by atoms with Crippen LogP contribution in [0.5, 0.6) is 23.3 Å². The Bertz CT molecular complexity index is 2800. The average Bonchev–Trinajstić information content (AvgIpc) is 3.39. The van der Waals surface area contributed by atoms with Crippen molar-refractivity contribution in [1.82, 2.24) is 51.0 Å². The Labute approximate surface area is 407 Å². The lowest BCUT2D eigenvalue weighted by atomic mass is 9.91. The smallest absolute Gasteiger partial charge is 0.272 e. The molecule has 70 heavy (non-hydrogen) atoms. The minimum atomic E-state index is -0.243. The quantitative estimate of drug-likeness (QED) is 0.140. The number of nitrogens with one attached hydrogen (secondary N) is 2. The third-order valence-corrected chi connectivity index (χ3v) is 13.7. The van der Waals surface area contributed by atoms with Gasteiger partial charge in [0.2, 0.25) is 11.8 Å². The number of nitrogens with zero attached hydrogens (tertiary/aromatic N) is 10. The summed E-state index contributed by atoms with van der Waals surface area (Å²) in [6.45, 7) is 4.91. The Balaban J connectivity index is 0.773. The van der Waals surface area contributed by atoms with Crippen LogP contribution in [-0.4, -0.2) is 117 Å². The van der Waals surface area contributed by atoms with Crippen LogP contribution in [0, 0.1) is 6.92 Å². The second-order valence-electron chi connectivity index (χ2n) is 18.5. The maximum absolute atomic E-state index is 13.8. The number of carbonyl (C=O) groups is 2. The molecule has 6 aromatic heterocycles. The van der Waals surface area contributed by atoms with E-state index in [0.29, 0.717) is 55.6 Å². The number of fused-ring (bicyclic) bond motifs is 2. The maximum atomic E-state index is 13.8. The minimum Gasteiger partial charge on any atom is -0.489 e. The number of carbonyl (C=O) groups excluding carboxylic acids is 2. The molecule has 6 aromatic rings. The number of hydrogen-bond acceptors (Lipinski definition) is 16. The summed E-state index contributed by atoms with van der Waals surface area (Å²) in [5, 5.41) is 24.6. The molecule has 2 N–H and O–H groups in total. The summed E-state index contributed by atoms with van der Waals surface area (Å²) in [4.78, 5) is 50.0. The van der Waals surface area contributed by atoms with Gasteiger partial charge in [0.1, 0.15) is 23.7 Å². The number of anilines is 2. The van der Waals surface area contributed by atoms with E-state index in [1.807, 2.05) is 49.5 Å². The lowest BCUT2D eigenvalue weighted by molar-refractivity contribution is 0.0919. The number of aromatic nitrogens is 8. The lowest BCUT2D eigenvalue weighted by Gasteiger charge is -2.33. The largest absolute Gasteiger partial charge is 0.489 e. The summed E-state index contributed by atoms with van der Waals surface area (Å²) in [5.41, 5.74) is 7.61. The number of ether oxygens (including phenoxy) is 4. The van der Waals surface area contributed by atoms with Crippen molar-refractivity contribution < 1.29 is 28.5 Å². The molecule has 18 heteroatoms. The summed E-state index contributed by atoms with van der Waals surface area (Å²) < 4.78 is 22.8. The van der Waals surface area contributed by atoms with E-state index in [-0.39, 0.29) is 41.8 Å². The van der Waals surface area contributed by atoms with Gasteiger partial charge in [-0.25, -0.2) is 9.97 Å². The average molecular weight is 947 g/mol. The molecular formula is C52H58N12O6. The zero-order chi connectivity index (χ0) is 48.0. The van der Waals surface area contributed by atoms with Crippen molar-refractivity contribution in [2.24, 2.45) is 0 Å². The van der Waals surface area contributed by atoms with Gasteiger partial charge in [-0.05, 0) is 98.5 Å². The highest BCUT2D eigenvalue weighted by Gasteiger charge is 2.29. The van der Waals surface area contributed by atoms with E-state index in [0.717, 1.165) is 121 Å². The third kappa shape index (κ3) is 10.9. The number of aryl methyl sites for hydroxylation is 3. The fourth-order valence-corrected chi connectivity index (χ4v) is 9.98. The molecule has 2 aliphatic heterocycles. The molecule has 0 spiro atoms.